The first-order valence-corrected chi connectivity index (χ1v) is 8.14. The molecule has 0 aromatic heterocycles. The number of aryl methyl sites for hydroxylation is 1. The minimum atomic E-state index is 0.129. The SMILES string of the molecule is Cc1cc(Br)cc(CC(C)N)c1OCCC1CCCO1. The van der Waals surface area contributed by atoms with Crippen LogP contribution in [0.25, 0.3) is 0 Å². The maximum absolute atomic E-state index is 6.03. The largest absolute Gasteiger partial charge is 0.493 e. The molecule has 2 unspecified atom stereocenters. The van der Waals surface area contributed by atoms with Crippen molar-refractivity contribution in [3.63, 3.8) is 0 Å². The van der Waals surface area contributed by atoms with Crippen molar-refractivity contribution in [3.05, 3.63) is 27.7 Å². The molecule has 1 aliphatic rings. The van der Waals surface area contributed by atoms with E-state index in [4.69, 9.17) is 15.2 Å². The third kappa shape index (κ3) is 4.47. The van der Waals surface area contributed by atoms with Crippen LogP contribution in [0.4, 0.5) is 0 Å². The van der Waals surface area contributed by atoms with Gasteiger partial charge in [0.15, 0.2) is 0 Å². The summed E-state index contributed by atoms with van der Waals surface area (Å²) in [5.41, 5.74) is 8.27. The molecular weight excluding hydrogens is 318 g/mol. The van der Waals surface area contributed by atoms with E-state index in [0.717, 1.165) is 41.7 Å². The first-order valence-electron chi connectivity index (χ1n) is 7.35. The highest BCUT2D eigenvalue weighted by Crippen LogP contribution is 2.29. The standard InChI is InChI=1S/C16H24BrNO2/c1-11-8-14(17)10-13(9-12(2)18)16(11)20-7-5-15-4-3-6-19-15/h8,10,12,15H,3-7,9,18H2,1-2H3. The summed E-state index contributed by atoms with van der Waals surface area (Å²) in [6, 6.07) is 4.33. The van der Waals surface area contributed by atoms with Gasteiger partial charge in [-0.15, -0.1) is 0 Å². The van der Waals surface area contributed by atoms with Gasteiger partial charge in [-0.05, 0) is 56.4 Å². The molecule has 20 heavy (non-hydrogen) atoms. The predicted molar refractivity (Wildman–Crippen MR) is 85.3 cm³/mol. The molecule has 2 N–H and O–H groups in total. The van der Waals surface area contributed by atoms with Crippen LogP contribution in [-0.2, 0) is 11.2 Å². The first kappa shape index (κ1) is 15.8. The predicted octanol–water partition coefficient (Wildman–Crippen LogP) is 3.60. The molecule has 0 saturated carbocycles. The van der Waals surface area contributed by atoms with Crippen LogP contribution in [0.3, 0.4) is 0 Å². The van der Waals surface area contributed by atoms with Gasteiger partial charge in [0.25, 0.3) is 0 Å². The van der Waals surface area contributed by atoms with Gasteiger partial charge in [0, 0.05) is 23.5 Å². The maximum atomic E-state index is 6.03. The van der Waals surface area contributed by atoms with E-state index in [1.807, 2.05) is 6.92 Å². The lowest BCUT2D eigenvalue weighted by atomic mass is 10.0. The lowest BCUT2D eigenvalue weighted by Gasteiger charge is -2.17. The summed E-state index contributed by atoms with van der Waals surface area (Å²) in [7, 11) is 0. The maximum Gasteiger partial charge on any atom is 0.125 e. The third-order valence-electron chi connectivity index (χ3n) is 3.57. The number of hydrogen-bond acceptors (Lipinski definition) is 3. The van der Waals surface area contributed by atoms with Gasteiger partial charge in [-0.2, -0.15) is 0 Å². The summed E-state index contributed by atoms with van der Waals surface area (Å²) in [6.45, 7) is 5.71. The topological polar surface area (TPSA) is 44.5 Å². The Bertz CT molecular complexity index is 442. The fourth-order valence-electron chi connectivity index (χ4n) is 2.67. The normalized spacial score (nSPS) is 20.1. The summed E-state index contributed by atoms with van der Waals surface area (Å²) in [5, 5.41) is 0. The Morgan fingerprint density at radius 3 is 2.95 bits per heavy atom. The van der Waals surface area contributed by atoms with Gasteiger partial charge in [0.2, 0.25) is 0 Å². The molecule has 4 heteroatoms. The number of nitrogens with two attached hydrogens (primary N) is 1. The third-order valence-corrected chi connectivity index (χ3v) is 4.03. The van der Waals surface area contributed by atoms with E-state index in [0.29, 0.717) is 12.7 Å². The zero-order chi connectivity index (χ0) is 14.5. The lowest BCUT2D eigenvalue weighted by Crippen LogP contribution is -2.19. The van der Waals surface area contributed by atoms with E-state index < -0.39 is 0 Å². The van der Waals surface area contributed by atoms with Crippen LogP contribution in [0.2, 0.25) is 0 Å². The zero-order valence-electron chi connectivity index (χ0n) is 12.3. The average molecular weight is 342 g/mol. The molecule has 0 bridgehead atoms. The molecule has 2 rings (SSSR count). The molecular formula is C16H24BrNO2. The molecule has 3 nitrogen and oxygen atoms in total. The van der Waals surface area contributed by atoms with E-state index in [9.17, 15) is 0 Å². The van der Waals surface area contributed by atoms with Crippen LogP contribution in [0.1, 0.15) is 37.3 Å². The molecule has 2 atom stereocenters. The van der Waals surface area contributed by atoms with Crippen molar-refractivity contribution in [1.29, 1.82) is 0 Å². The molecule has 1 heterocycles. The van der Waals surface area contributed by atoms with Crippen LogP contribution in [-0.4, -0.2) is 25.4 Å². The van der Waals surface area contributed by atoms with Crippen molar-refractivity contribution in [3.8, 4) is 5.75 Å². The van der Waals surface area contributed by atoms with Crippen LogP contribution < -0.4 is 10.5 Å². The van der Waals surface area contributed by atoms with E-state index in [-0.39, 0.29) is 6.04 Å². The van der Waals surface area contributed by atoms with Gasteiger partial charge in [-0.1, -0.05) is 15.9 Å². The molecule has 1 aromatic carbocycles. The van der Waals surface area contributed by atoms with Crippen molar-refractivity contribution in [2.24, 2.45) is 5.73 Å². The summed E-state index contributed by atoms with van der Waals surface area (Å²) in [6.07, 6.45) is 4.51. The molecule has 0 radical (unpaired) electrons. The highest BCUT2D eigenvalue weighted by Gasteiger charge is 2.16. The molecule has 0 amide bonds. The highest BCUT2D eigenvalue weighted by atomic mass is 79.9. The summed E-state index contributed by atoms with van der Waals surface area (Å²) >= 11 is 3.54. The Kier molecular flexibility index (Phi) is 5.87. The number of ether oxygens (including phenoxy) is 2. The van der Waals surface area contributed by atoms with Gasteiger partial charge < -0.3 is 15.2 Å². The number of benzene rings is 1. The van der Waals surface area contributed by atoms with E-state index in [1.165, 1.54) is 12.0 Å². The van der Waals surface area contributed by atoms with Crippen LogP contribution in [0, 0.1) is 6.92 Å². The molecule has 112 valence electrons. The summed E-state index contributed by atoms with van der Waals surface area (Å²) < 4.78 is 12.7. The zero-order valence-corrected chi connectivity index (χ0v) is 13.9. The van der Waals surface area contributed by atoms with Gasteiger partial charge >= 0.3 is 0 Å². The Labute approximate surface area is 130 Å². The van der Waals surface area contributed by atoms with Crippen LogP contribution in [0.15, 0.2) is 16.6 Å². The second kappa shape index (κ2) is 7.43. The fourth-order valence-corrected chi connectivity index (χ4v) is 3.29. The molecule has 1 fully saturated rings. The van der Waals surface area contributed by atoms with Gasteiger partial charge in [-0.3, -0.25) is 0 Å². The van der Waals surface area contributed by atoms with Crippen molar-refractivity contribution >= 4 is 15.9 Å². The molecule has 0 spiro atoms. The minimum Gasteiger partial charge on any atom is -0.493 e. The van der Waals surface area contributed by atoms with E-state index >= 15 is 0 Å². The number of halogens is 1. The molecule has 1 aromatic rings. The van der Waals surface area contributed by atoms with Gasteiger partial charge in [0.1, 0.15) is 5.75 Å². The van der Waals surface area contributed by atoms with E-state index in [2.05, 4.69) is 35.0 Å². The molecule has 1 saturated heterocycles. The number of hydrogen-bond donors (Lipinski definition) is 1. The Morgan fingerprint density at radius 2 is 2.30 bits per heavy atom. The average Bonchev–Trinajstić information content (AvgIpc) is 2.84. The quantitative estimate of drug-likeness (QED) is 0.859. The summed E-state index contributed by atoms with van der Waals surface area (Å²) in [5.74, 6) is 0.989. The molecule has 0 aliphatic carbocycles. The monoisotopic (exact) mass is 341 g/mol. The number of rotatable bonds is 6. The Balaban J connectivity index is 2.00. The van der Waals surface area contributed by atoms with Crippen molar-refractivity contribution in [1.82, 2.24) is 0 Å². The highest BCUT2D eigenvalue weighted by molar-refractivity contribution is 9.10. The minimum absolute atomic E-state index is 0.129. The summed E-state index contributed by atoms with van der Waals surface area (Å²) in [4.78, 5) is 0. The smallest absolute Gasteiger partial charge is 0.125 e. The Hall–Kier alpha value is -0.580. The van der Waals surface area contributed by atoms with Crippen LogP contribution >= 0.6 is 15.9 Å². The lowest BCUT2D eigenvalue weighted by molar-refractivity contribution is 0.0901. The van der Waals surface area contributed by atoms with Crippen LogP contribution in [0.5, 0.6) is 5.75 Å². The van der Waals surface area contributed by atoms with Crippen molar-refractivity contribution in [2.45, 2.75) is 51.7 Å². The van der Waals surface area contributed by atoms with Gasteiger partial charge in [0.05, 0.1) is 12.7 Å². The second-order valence-corrected chi connectivity index (χ2v) is 6.58. The van der Waals surface area contributed by atoms with Crippen molar-refractivity contribution in [2.75, 3.05) is 13.2 Å². The first-order chi connectivity index (χ1) is 9.56. The fraction of sp³-hybridized carbons (Fsp3) is 0.625. The van der Waals surface area contributed by atoms with Gasteiger partial charge in [-0.25, -0.2) is 0 Å². The van der Waals surface area contributed by atoms with Crippen molar-refractivity contribution < 1.29 is 9.47 Å². The van der Waals surface area contributed by atoms with E-state index in [1.54, 1.807) is 0 Å². The Morgan fingerprint density at radius 1 is 1.50 bits per heavy atom. The second-order valence-electron chi connectivity index (χ2n) is 5.66. The molecule has 1 aliphatic heterocycles.